The van der Waals surface area contributed by atoms with E-state index in [1.54, 1.807) is 17.3 Å². The molecule has 29 heavy (non-hydrogen) atoms. The number of amides is 2. The molecule has 0 spiro atoms. The van der Waals surface area contributed by atoms with Crippen LogP contribution in [0.15, 0.2) is 23.1 Å². The fraction of sp³-hybridized carbons (Fsp3) is 0.619. The highest BCUT2D eigenvalue weighted by atomic mass is 32.2. The summed E-state index contributed by atoms with van der Waals surface area (Å²) in [7, 11) is -3.61. The van der Waals surface area contributed by atoms with Gasteiger partial charge in [0.25, 0.3) is 0 Å². The van der Waals surface area contributed by atoms with Gasteiger partial charge in [0.05, 0.1) is 4.90 Å². The zero-order valence-corrected chi connectivity index (χ0v) is 18.6. The summed E-state index contributed by atoms with van der Waals surface area (Å²) in [6.45, 7) is 8.77. The number of aryl methyl sites for hydroxylation is 2. The Bertz CT molecular complexity index is 836. The molecule has 8 heteroatoms. The van der Waals surface area contributed by atoms with E-state index in [9.17, 15) is 18.0 Å². The topological polar surface area (TPSA) is 95.6 Å². The molecule has 1 aromatic carbocycles. The maximum atomic E-state index is 13.3. The number of benzene rings is 1. The maximum absolute atomic E-state index is 13.3. The van der Waals surface area contributed by atoms with Gasteiger partial charge in [-0.3, -0.25) is 9.59 Å². The summed E-state index contributed by atoms with van der Waals surface area (Å²) >= 11 is 0. The SMILES string of the molecule is Cc1ccc(C)c(S(=O)(=O)N2CCCCC2CCNC(=O)C(=O)NCC(C)C)c1. The molecule has 1 heterocycles. The predicted molar refractivity (Wildman–Crippen MR) is 113 cm³/mol. The number of hydrogen-bond acceptors (Lipinski definition) is 4. The van der Waals surface area contributed by atoms with Crippen LogP contribution in [0.3, 0.4) is 0 Å². The molecule has 1 fully saturated rings. The van der Waals surface area contributed by atoms with Crippen molar-refractivity contribution in [1.29, 1.82) is 0 Å². The minimum Gasteiger partial charge on any atom is -0.348 e. The number of rotatable bonds is 7. The second kappa shape index (κ2) is 10.2. The van der Waals surface area contributed by atoms with Gasteiger partial charge in [-0.25, -0.2) is 8.42 Å². The molecule has 2 N–H and O–H groups in total. The molecule has 0 radical (unpaired) electrons. The maximum Gasteiger partial charge on any atom is 0.309 e. The minimum absolute atomic E-state index is 0.187. The van der Waals surface area contributed by atoms with Crippen LogP contribution in [-0.4, -0.2) is 50.2 Å². The highest BCUT2D eigenvalue weighted by molar-refractivity contribution is 7.89. The molecule has 1 aromatic rings. The third kappa shape index (κ3) is 6.27. The Morgan fingerprint density at radius 2 is 1.83 bits per heavy atom. The lowest BCUT2D eigenvalue weighted by Crippen LogP contribution is -2.46. The van der Waals surface area contributed by atoms with E-state index in [4.69, 9.17) is 0 Å². The Kier molecular flexibility index (Phi) is 8.22. The van der Waals surface area contributed by atoms with Crippen LogP contribution >= 0.6 is 0 Å². The summed E-state index contributed by atoms with van der Waals surface area (Å²) in [6.07, 6.45) is 3.00. The number of piperidine rings is 1. The van der Waals surface area contributed by atoms with Crippen LogP contribution < -0.4 is 10.6 Å². The summed E-state index contributed by atoms with van der Waals surface area (Å²) in [5.41, 5.74) is 1.64. The number of sulfonamides is 1. The van der Waals surface area contributed by atoms with Gasteiger partial charge in [-0.2, -0.15) is 4.31 Å². The summed E-state index contributed by atoms with van der Waals surface area (Å²) in [5, 5.41) is 5.19. The van der Waals surface area contributed by atoms with E-state index in [0.717, 1.165) is 30.4 Å². The van der Waals surface area contributed by atoms with Crippen molar-refractivity contribution in [2.45, 2.75) is 64.3 Å². The first kappa shape index (κ1) is 23.3. The smallest absolute Gasteiger partial charge is 0.309 e. The average molecular weight is 424 g/mol. The first-order valence-corrected chi connectivity index (χ1v) is 11.7. The van der Waals surface area contributed by atoms with Gasteiger partial charge in [0.2, 0.25) is 10.0 Å². The van der Waals surface area contributed by atoms with Crippen molar-refractivity contribution in [3.8, 4) is 0 Å². The predicted octanol–water partition coefficient (Wildman–Crippen LogP) is 2.13. The molecule has 1 unspecified atom stereocenters. The molecule has 1 saturated heterocycles. The second-order valence-electron chi connectivity index (χ2n) is 8.18. The van der Waals surface area contributed by atoms with Gasteiger partial charge in [0.15, 0.2) is 0 Å². The first-order chi connectivity index (χ1) is 13.6. The Morgan fingerprint density at radius 3 is 2.52 bits per heavy atom. The zero-order valence-electron chi connectivity index (χ0n) is 17.8. The Morgan fingerprint density at radius 1 is 1.14 bits per heavy atom. The van der Waals surface area contributed by atoms with E-state index in [1.807, 2.05) is 32.9 Å². The number of hydrogen-bond donors (Lipinski definition) is 2. The van der Waals surface area contributed by atoms with E-state index >= 15 is 0 Å². The molecular formula is C21H33N3O4S. The Labute approximate surface area is 174 Å². The van der Waals surface area contributed by atoms with E-state index in [0.29, 0.717) is 24.4 Å². The lowest BCUT2D eigenvalue weighted by atomic mass is 10.0. The second-order valence-corrected chi connectivity index (χ2v) is 10.0. The van der Waals surface area contributed by atoms with Crippen LogP contribution in [0.25, 0.3) is 0 Å². The molecule has 2 amide bonds. The normalized spacial score (nSPS) is 17.9. The van der Waals surface area contributed by atoms with E-state index in [-0.39, 0.29) is 18.5 Å². The molecule has 162 valence electrons. The van der Waals surface area contributed by atoms with Gasteiger partial charge in [0.1, 0.15) is 0 Å². The Hall–Kier alpha value is -1.93. The van der Waals surface area contributed by atoms with Gasteiger partial charge in [0, 0.05) is 25.7 Å². The molecule has 7 nitrogen and oxygen atoms in total. The summed E-state index contributed by atoms with van der Waals surface area (Å²) < 4.78 is 28.2. The number of carbonyl (C=O) groups excluding carboxylic acids is 2. The standard InChI is InChI=1S/C21H33N3O4S/c1-15(2)14-23-21(26)20(25)22-11-10-18-7-5-6-12-24(18)29(27,28)19-13-16(3)8-9-17(19)4/h8-9,13,15,18H,5-7,10-12,14H2,1-4H3,(H,22,25)(H,23,26). The fourth-order valence-corrected chi connectivity index (χ4v) is 5.54. The highest BCUT2D eigenvalue weighted by Crippen LogP contribution is 2.29. The molecule has 0 aliphatic carbocycles. The van der Waals surface area contributed by atoms with Gasteiger partial charge in [-0.05, 0) is 56.2 Å². The van der Waals surface area contributed by atoms with Crippen molar-refractivity contribution in [3.63, 3.8) is 0 Å². The molecular weight excluding hydrogens is 390 g/mol. The summed E-state index contributed by atoms with van der Waals surface area (Å²) in [6, 6.07) is 5.27. The third-order valence-electron chi connectivity index (χ3n) is 5.14. The molecule has 0 bridgehead atoms. The van der Waals surface area contributed by atoms with Crippen LogP contribution in [-0.2, 0) is 19.6 Å². The fourth-order valence-electron chi connectivity index (χ4n) is 3.50. The van der Waals surface area contributed by atoms with Gasteiger partial charge >= 0.3 is 11.8 Å². The van der Waals surface area contributed by atoms with Crippen molar-refractivity contribution < 1.29 is 18.0 Å². The molecule has 1 atom stereocenters. The quantitative estimate of drug-likeness (QED) is 0.657. The molecule has 1 aliphatic rings. The minimum atomic E-state index is -3.61. The lowest BCUT2D eigenvalue weighted by molar-refractivity contribution is -0.139. The van der Waals surface area contributed by atoms with E-state index in [2.05, 4.69) is 10.6 Å². The molecule has 1 aliphatic heterocycles. The number of nitrogens with one attached hydrogen (secondary N) is 2. The van der Waals surface area contributed by atoms with Gasteiger partial charge in [-0.15, -0.1) is 0 Å². The molecule has 0 aromatic heterocycles. The van der Waals surface area contributed by atoms with Crippen LogP contribution in [0.4, 0.5) is 0 Å². The van der Waals surface area contributed by atoms with Crippen molar-refractivity contribution in [1.82, 2.24) is 14.9 Å². The average Bonchev–Trinajstić information content (AvgIpc) is 2.68. The van der Waals surface area contributed by atoms with Crippen LogP contribution in [0.2, 0.25) is 0 Å². The summed E-state index contributed by atoms with van der Waals surface area (Å²) in [5.74, 6) is -1.06. The zero-order chi connectivity index (χ0) is 21.6. The van der Waals surface area contributed by atoms with Crippen LogP contribution in [0.5, 0.6) is 0 Å². The highest BCUT2D eigenvalue weighted by Gasteiger charge is 2.34. The van der Waals surface area contributed by atoms with E-state index < -0.39 is 21.8 Å². The third-order valence-corrected chi connectivity index (χ3v) is 7.24. The lowest BCUT2D eigenvalue weighted by Gasteiger charge is -2.35. The van der Waals surface area contributed by atoms with Gasteiger partial charge < -0.3 is 10.6 Å². The molecule has 0 saturated carbocycles. The van der Waals surface area contributed by atoms with Crippen molar-refractivity contribution in [3.05, 3.63) is 29.3 Å². The van der Waals surface area contributed by atoms with Gasteiger partial charge in [-0.1, -0.05) is 32.4 Å². The van der Waals surface area contributed by atoms with Crippen LogP contribution in [0.1, 0.15) is 50.7 Å². The first-order valence-electron chi connectivity index (χ1n) is 10.3. The number of carbonyl (C=O) groups is 2. The molecule has 2 rings (SSSR count). The summed E-state index contributed by atoms with van der Waals surface area (Å²) in [4.78, 5) is 24.1. The van der Waals surface area contributed by atoms with E-state index in [1.165, 1.54) is 0 Å². The van der Waals surface area contributed by atoms with Crippen molar-refractivity contribution >= 4 is 21.8 Å². The van der Waals surface area contributed by atoms with Crippen LogP contribution in [0, 0.1) is 19.8 Å². The number of nitrogens with zero attached hydrogens (tertiary/aromatic N) is 1. The monoisotopic (exact) mass is 423 g/mol. The van der Waals surface area contributed by atoms with Crippen molar-refractivity contribution in [2.24, 2.45) is 5.92 Å². The Balaban J connectivity index is 2.02. The largest absolute Gasteiger partial charge is 0.348 e. The van der Waals surface area contributed by atoms with Crippen molar-refractivity contribution in [2.75, 3.05) is 19.6 Å².